The quantitative estimate of drug-likeness (QED) is 0.612. The first-order valence-corrected chi connectivity index (χ1v) is 9.65. The van der Waals surface area contributed by atoms with Crippen LogP contribution in [0, 0.1) is 0 Å². The Balaban J connectivity index is 1.40. The molecule has 0 saturated carbocycles. The maximum atomic E-state index is 12.3. The molecule has 1 saturated heterocycles. The van der Waals surface area contributed by atoms with Gasteiger partial charge in [-0.15, -0.1) is 13.2 Å². The number of benzene rings is 2. The van der Waals surface area contributed by atoms with Crippen molar-refractivity contribution < 1.29 is 22.6 Å². The number of aromatic amines is 1. The fourth-order valence-electron chi connectivity index (χ4n) is 3.75. The van der Waals surface area contributed by atoms with Gasteiger partial charge in [-0.1, -0.05) is 24.3 Å². The number of halogens is 3. The standard InChI is InChI=1S/C22H22F3N3O2/c1-21(30-20-5-3-2-4-18(20)19-10-12-26-27-19)11-13-28(15-21)14-16-6-8-17(9-7-16)29-22(23,24)25/h2-10,12H,11,13-15H2,1H3,(H,26,27). The summed E-state index contributed by atoms with van der Waals surface area (Å²) in [5, 5.41) is 6.98. The Morgan fingerprint density at radius 1 is 1.10 bits per heavy atom. The smallest absolute Gasteiger partial charge is 0.485 e. The summed E-state index contributed by atoms with van der Waals surface area (Å²) in [4.78, 5) is 2.23. The third kappa shape index (κ3) is 4.94. The fraction of sp³-hybridized carbons (Fsp3) is 0.318. The van der Waals surface area contributed by atoms with Crippen molar-refractivity contribution in [3.05, 3.63) is 66.4 Å². The summed E-state index contributed by atoms with van der Waals surface area (Å²) in [6.07, 6.45) is -2.13. The molecule has 1 aliphatic heterocycles. The number of para-hydroxylation sites is 1. The molecule has 1 aliphatic rings. The lowest BCUT2D eigenvalue weighted by Gasteiger charge is -2.27. The van der Waals surface area contributed by atoms with Gasteiger partial charge in [0.25, 0.3) is 0 Å². The number of likely N-dealkylation sites (tertiary alicyclic amines) is 1. The van der Waals surface area contributed by atoms with Crippen LogP contribution in [-0.2, 0) is 6.54 Å². The van der Waals surface area contributed by atoms with Crippen LogP contribution in [0.3, 0.4) is 0 Å². The third-order valence-electron chi connectivity index (χ3n) is 5.11. The molecule has 1 unspecified atom stereocenters. The summed E-state index contributed by atoms with van der Waals surface area (Å²) in [5.74, 6) is 0.580. The first-order chi connectivity index (χ1) is 14.3. The molecule has 1 fully saturated rings. The zero-order chi connectivity index (χ0) is 21.2. The van der Waals surface area contributed by atoms with Gasteiger partial charge in [-0.3, -0.25) is 10.00 Å². The Bertz CT molecular complexity index is 974. The Morgan fingerprint density at radius 3 is 2.57 bits per heavy atom. The van der Waals surface area contributed by atoms with Crippen molar-refractivity contribution >= 4 is 0 Å². The summed E-state index contributed by atoms with van der Waals surface area (Å²) in [6, 6.07) is 15.7. The minimum atomic E-state index is -4.68. The maximum Gasteiger partial charge on any atom is 0.573 e. The Kier molecular flexibility index (Phi) is 5.42. The molecule has 0 amide bonds. The molecule has 4 rings (SSSR count). The van der Waals surface area contributed by atoms with Crippen molar-refractivity contribution in [1.82, 2.24) is 15.1 Å². The number of hydrogen-bond donors (Lipinski definition) is 1. The predicted octanol–water partition coefficient (Wildman–Crippen LogP) is 5.02. The molecule has 1 aromatic heterocycles. The van der Waals surface area contributed by atoms with Crippen molar-refractivity contribution in [3.63, 3.8) is 0 Å². The zero-order valence-corrected chi connectivity index (χ0v) is 16.4. The highest BCUT2D eigenvalue weighted by atomic mass is 19.4. The van der Waals surface area contributed by atoms with Gasteiger partial charge in [0.2, 0.25) is 0 Å². The second-order valence-electron chi connectivity index (χ2n) is 7.67. The van der Waals surface area contributed by atoms with Gasteiger partial charge in [0.1, 0.15) is 17.1 Å². The lowest BCUT2D eigenvalue weighted by Crippen LogP contribution is -2.36. The van der Waals surface area contributed by atoms with E-state index in [0.717, 1.165) is 35.5 Å². The maximum absolute atomic E-state index is 12.3. The van der Waals surface area contributed by atoms with Gasteiger partial charge in [-0.25, -0.2) is 0 Å². The molecular formula is C22H22F3N3O2. The van der Waals surface area contributed by atoms with Crippen LogP contribution in [0.15, 0.2) is 60.8 Å². The van der Waals surface area contributed by atoms with Crippen LogP contribution in [0.1, 0.15) is 18.9 Å². The van der Waals surface area contributed by atoms with Crippen LogP contribution in [0.4, 0.5) is 13.2 Å². The fourth-order valence-corrected chi connectivity index (χ4v) is 3.75. The summed E-state index contributed by atoms with van der Waals surface area (Å²) >= 11 is 0. The number of aromatic nitrogens is 2. The number of alkyl halides is 3. The molecule has 3 aromatic rings. The normalized spacial score (nSPS) is 19.7. The van der Waals surface area contributed by atoms with Crippen LogP contribution in [-0.4, -0.2) is 40.2 Å². The van der Waals surface area contributed by atoms with E-state index in [4.69, 9.17) is 4.74 Å². The molecule has 2 heterocycles. The summed E-state index contributed by atoms with van der Waals surface area (Å²) < 4.78 is 47.3. The predicted molar refractivity (Wildman–Crippen MR) is 106 cm³/mol. The first-order valence-electron chi connectivity index (χ1n) is 9.65. The van der Waals surface area contributed by atoms with E-state index in [0.29, 0.717) is 13.1 Å². The molecular weight excluding hydrogens is 395 g/mol. The number of nitrogens with zero attached hydrogens (tertiary/aromatic N) is 2. The molecule has 5 nitrogen and oxygen atoms in total. The minimum absolute atomic E-state index is 0.212. The van der Waals surface area contributed by atoms with E-state index in [1.807, 2.05) is 30.3 Å². The van der Waals surface area contributed by atoms with Gasteiger partial charge in [0, 0.05) is 37.8 Å². The summed E-state index contributed by atoms with van der Waals surface area (Å²) in [7, 11) is 0. The molecule has 0 spiro atoms. The van der Waals surface area contributed by atoms with Crippen LogP contribution in [0.5, 0.6) is 11.5 Å². The molecule has 0 aliphatic carbocycles. The second-order valence-corrected chi connectivity index (χ2v) is 7.67. The Hall–Kier alpha value is -3.00. The molecule has 2 aromatic carbocycles. The lowest BCUT2D eigenvalue weighted by molar-refractivity contribution is -0.274. The molecule has 1 N–H and O–H groups in total. The number of rotatable bonds is 6. The van der Waals surface area contributed by atoms with Gasteiger partial charge in [-0.05, 0) is 42.8 Å². The van der Waals surface area contributed by atoms with Crippen molar-refractivity contribution in [2.45, 2.75) is 31.9 Å². The van der Waals surface area contributed by atoms with Crippen molar-refractivity contribution in [2.75, 3.05) is 13.1 Å². The molecule has 0 bridgehead atoms. The van der Waals surface area contributed by atoms with Gasteiger partial charge >= 0.3 is 6.36 Å². The first kappa shape index (κ1) is 20.3. The van der Waals surface area contributed by atoms with Gasteiger partial charge in [0.15, 0.2) is 0 Å². The van der Waals surface area contributed by atoms with Crippen molar-refractivity contribution in [1.29, 1.82) is 0 Å². The van der Waals surface area contributed by atoms with Crippen LogP contribution in [0.25, 0.3) is 11.3 Å². The molecule has 30 heavy (non-hydrogen) atoms. The SMILES string of the molecule is CC1(Oc2ccccc2-c2ccn[nH]2)CCN(Cc2ccc(OC(F)(F)F)cc2)C1. The number of hydrogen-bond acceptors (Lipinski definition) is 4. The number of nitrogens with one attached hydrogen (secondary N) is 1. The van der Waals surface area contributed by atoms with Gasteiger partial charge in [0.05, 0.1) is 5.69 Å². The van der Waals surface area contributed by atoms with E-state index >= 15 is 0 Å². The highest BCUT2D eigenvalue weighted by Crippen LogP contribution is 2.34. The Morgan fingerprint density at radius 2 is 1.87 bits per heavy atom. The second kappa shape index (κ2) is 8.02. The van der Waals surface area contributed by atoms with Crippen LogP contribution >= 0.6 is 0 Å². The van der Waals surface area contributed by atoms with E-state index < -0.39 is 6.36 Å². The Labute approximate surface area is 172 Å². The molecule has 8 heteroatoms. The third-order valence-corrected chi connectivity index (χ3v) is 5.11. The highest BCUT2D eigenvalue weighted by Gasteiger charge is 2.36. The average Bonchev–Trinajstić information content (AvgIpc) is 3.33. The minimum Gasteiger partial charge on any atom is -0.485 e. The molecule has 158 valence electrons. The van der Waals surface area contributed by atoms with E-state index in [2.05, 4.69) is 26.8 Å². The van der Waals surface area contributed by atoms with Crippen LogP contribution < -0.4 is 9.47 Å². The van der Waals surface area contributed by atoms with E-state index in [1.165, 1.54) is 12.1 Å². The van der Waals surface area contributed by atoms with Gasteiger partial charge in [-0.2, -0.15) is 5.10 Å². The van der Waals surface area contributed by atoms with E-state index in [-0.39, 0.29) is 11.4 Å². The van der Waals surface area contributed by atoms with Crippen molar-refractivity contribution in [3.8, 4) is 22.8 Å². The zero-order valence-electron chi connectivity index (χ0n) is 16.4. The van der Waals surface area contributed by atoms with Crippen molar-refractivity contribution in [2.24, 2.45) is 0 Å². The van der Waals surface area contributed by atoms with E-state index in [1.54, 1.807) is 18.3 Å². The monoisotopic (exact) mass is 417 g/mol. The average molecular weight is 417 g/mol. The van der Waals surface area contributed by atoms with E-state index in [9.17, 15) is 13.2 Å². The van der Waals surface area contributed by atoms with Crippen LogP contribution in [0.2, 0.25) is 0 Å². The van der Waals surface area contributed by atoms with Gasteiger partial charge < -0.3 is 9.47 Å². The number of ether oxygens (including phenoxy) is 2. The molecule has 0 radical (unpaired) electrons. The number of H-pyrrole nitrogens is 1. The molecule has 1 atom stereocenters. The highest BCUT2D eigenvalue weighted by molar-refractivity contribution is 5.66. The topological polar surface area (TPSA) is 50.4 Å². The summed E-state index contributed by atoms with van der Waals surface area (Å²) in [6.45, 7) is 4.26. The largest absolute Gasteiger partial charge is 0.573 e. The summed E-state index contributed by atoms with van der Waals surface area (Å²) in [5.41, 5.74) is 2.40. The lowest BCUT2D eigenvalue weighted by atomic mass is 10.1.